The Morgan fingerprint density at radius 3 is 2.43 bits per heavy atom. The summed E-state index contributed by atoms with van der Waals surface area (Å²) in [5, 5.41) is 0. The number of sulfonamides is 1. The minimum Gasteiger partial charge on any atom is -0.326 e. The van der Waals surface area contributed by atoms with Crippen molar-refractivity contribution in [2.24, 2.45) is 10.7 Å². The van der Waals surface area contributed by atoms with E-state index >= 15 is 0 Å². The average Bonchev–Trinajstić information content (AvgIpc) is 2.77. The van der Waals surface area contributed by atoms with Gasteiger partial charge in [-0.2, -0.15) is 0 Å². The number of hydrogen-bond donors (Lipinski definition) is 2. The molecule has 2 aromatic rings. The van der Waals surface area contributed by atoms with Gasteiger partial charge in [0.2, 0.25) is 0 Å². The number of nitrogens with two attached hydrogens (primary N) is 1. The maximum absolute atomic E-state index is 12.0. The van der Waals surface area contributed by atoms with Crippen LogP contribution in [-0.2, 0) is 23.1 Å². The summed E-state index contributed by atoms with van der Waals surface area (Å²) in [7, 11) is -3.48. The van der Waals surface area contributed by atoms with Crippen molar-refractivity contribution in [2.45, 2.75) is 18.0 Å². The molecule has 0 unspecified atom stereocenters. The Bertz CT molecular complexity index is 813. The van der Waals surface area contributed by atoms with E-state index in [1.54, 1.807) is 24.3 Å². The van der Waals surface area contributed by atoms with E-state index in [0.29, 0.717) is 24.5 Å². The van der Waals surface area contributed by atoms with E-state index in [1.807, 2.05) is 24.3 Å². The second kappa shape index (κ2) is 5.31. The molecule has 2 aromatic carbocycles. The molecule has 0 bridgehead atoms. The molecule has 0 aliphatic carbocycles. The van der Waals surface area contributed by atoms with Crippen LogP contribution >= 0.6 is 0 Å². The van der Waals surface area contributed by atoms with E-state index in [0.717, 1.165) is 11.1 Å². The van der Waals surface area contributed by atoms with E-state index in [4.69, 9.17) is 5.73 Å². The van der Waals surface area contributed by atoms with Crippen LogP contribution in [0.1, 0.15) is 16.7 Å². The fourth-order valence-corrected chi connectivity index (χ4v) is 3.58. The van der Waals surface area contributed by atoms with Gasteiger partial charge in [-0.25, -0.2) is 8.42 Å². The van der Waals surface area contributed by atoms with Gasteiger partial charge in [0.05, 0.1) is 11.4 Å². The Morgan fingerprint density at radius 1 is 1.00 bits per heavy atom. The first-order chi connectivity index (χ1) is 10.1. The number of benzene rings is 2. The molecule has 3 N–H and O–H groups in total. The number of hydrogen-bond acceptors (Lipinski definition) is 4. The zero-order chi connectivity index (χ0) is 14.9. The van der Waals surface area contributed by atoms with Crippen LogP contribution in [0.2, 0.25) is 0 Å². The van der Waals surface area contributed by atoms with Gasteiger partial charge in [-0.1, -0.05) is 36.4 Å². The lowest BCUT2D eigenvalue weighted by molar-refractivity contribution is 0.595. The summed E-state index contributed by atoms with van der Waals surface area (Å²) in [6.07, 6.45) is 0. The van der Waals surface area contributed by atoms with Crippen LogP contribution in [0.15, 0.2) is 58.4 Å². The summed E-state index contributed by atoms with van der Waals surface area (Å²) >= 11 is 0. The first-order valence-corrected chi connectivity index (χ1v) is 8.03. The third-order valence-electron chi connectivity index (χ3n) is 3.41. The summed E-state index contributed by atoms with van der Waals surface area (Å²) in [5.41, 5.74) is 8.31. The molecular formula is C15H15N3O2S. The lowest BCUT2D eigenvalue weighted by Gasteiger charge is -2.05. The number of aliphatic imine (C=N–C) groups is 1. The molecule has 21 heavy (non-hydrogen) atoms. The minimum absolute atomic E-state index is 0.274. The van der Waals surface area contributed by atoms with Crippen LogP contribution in [0.25, 0.3) is 0 Å². The summed E-state index contributed by atoms with van der Waals surface area (Å²) in [6, 6.07) is 14.6. The molecule has 0 saturated carbocycles. The molecule has 0 aromatic heterocycles. The average molecular weight is 301 g/mol. The summed E-state index contributed by atoms with van der Waals surface area (Å²) < 4.78 is 26.5. The molecular weight excluding hydrogens is 286 g/mol. The molecule has 1 aliphatic heterocycles. The van der Waals surface area contributed by atoms with Crippen molar-refractivity contribution in [3.05, 3.63) is 65.2 Å². The Labute approximate surface area is 123 Å². The molecule has 0 saturated heterocycles. The number of rotatable bonds is 3. The van der Waals surface area contributed by atoms with Gasteiger partial charge in [0.15, 0.2) is 0 Å². The van der Waals surface area contributed by atoms with Crippen molar-refractivity contribution in [1.29, 1.82) is 0 Å². The standard InChI is InChI=1S/C15H15N3O2S/c16-9-11-5-1-2-6-12(11)10-17-15-13-7-3-4-8-14(13)21(19,20)18-15/h1-8H,9-10,16H2,(H,17,18). The van der Waals surface area contributed by atoms with Crippen LogP contribution < -0.4 is 10.5 Å². The number of nitrogens with zero attached hydrogens (tertiary/aromatic N) is 1. The van der Waals surface area contributed by atoms with E-state index in [9.17, 15) is 8.42 Å². The van der Waals surface area contributed by atoms with Gasteiger partial charge < -0.3 is 5.73 Å². The van der Waals surface area contributed by atoms with Gasteiger partial charge in [0.25, 0.3) is 10.0 Å². The van der Waals surface area contributed by atoms with Gasteiger partial charge in [-0.15, -0.1) is 0 Å². The van der Waals surface area contributed by atoms with Crippen molar-refractivity contribution in [3.8, 4) is 0 Å². The second-order valence-corrected chi connectivity index (χ2v) is 6.39. The SMILES string of the molecule is NCc1ccccc1CN=C1NS(=O)(=O)c2ccccc21. The van der Waals surface area contributed by atoms with E-state index in [-0.39, 0.29) is 4.90 Å². The maximum Gasteiger partial charge on any atom is 0.263 e. The molecule has 108 valence electrons. The monoisotopic (exact) mass is 301 g/mol. The fourth-order valence-electron chi connectivity index (χ4n) is 2.33. The van der Waals surface area contributed by atoms with Crippen LogP contribution in [0.4, 0.5) is 0 Å². The van der Waals surface area contributed by atoms with Crippen LogP contribution in [0.5, 0.6) is 0 Å². The Morgan fingerprint density at radius 2 is 1.67 bits per heavy atom. The van der Waals surface area contributed by atoms with E-state index in [2.05, 4.69) is 9.71 Å². The van der Waals surface area contributed by atoms with Gasteiger partial charge in [0, 0.05) is 12.1 Å². The van der Waals surface area contributed by atoms with Gasteiger partial charge in [-0.05, 0) is 23.3 Å². The largest absolute Gasteiger partial charge is 0.326 e. The van der Waals surface area contributed by atoms with Gasteiger partial charge in [0.1, 0.15) is 5.84 Å². The molecule has 0 fully saturated rings. The Hall–Kier alpha value is -2.18. The quantitative estimate of drug-likeness (QED) is 0.898. The first-order valence-electron chi connectivity index (χ1n) is 6.55. The van der Waals surface area contributed by atoms with Gasteiger partial charge >= 0.3 is 0 Å². The van der Waals surface area contributed by atoms with Crippen LogP contribution in [-0.4, -0.2) is 14.3 Å². The predicted molar refractivity (Wildman–Crippen MR) is 81.3 cm³/mol. The molecule has 0 spiro atoms. The van der Waals surface area contributed by atoms with Crippen molar-refractivity contribution >= 4 is 15.9 Å². The Balaban J connectivity index is 1.96. The number of nitrogens with one attached hydrogen (secondary N) is 1. The van der Waals surface area contributed by atoms with Crippen LogP contribution in [0.3, 0.4) is 0 Å². The van der Waals surface area contributed by atoms with Crippen molar-refractivity contribution < 1.29 is 8.42 Å². The third kappa shape index (κ3) is 2.55. The second-order valence-electron chi connectivity index (χ2n) is 4.74. The topological polar surface area (TPSA) is 84.5 Å². The lowest BCUT2D eigenvalue weighted by atomic mass is 10.1. The molecule has 0 amide bonds. The third-order valence-corrected chi connectivity index (χ3v) is 4.81. The zero-order valence-electron chi connectivity index (χ0n) is 11.3. The molecule has 1 heterocycles. The summed E-state index contributed by atoms with van der Waals surface area (Å²) in [5.74, 6) is 0.387. The van der Waals surface area contributed by atoms with Crippen molar-refractivity contribution in [2.75, 3.05) is 0 Å². The highest BCUT2D eigenvalue weighted by atomic mass is 32.2. The maximum atomic E-state index is 12.0. The van der Waals surface area contributed by atoms with Gasteiger partial charge in [-0.3, -0.25) is 9.71 Å². The summed E-state index contributed by atoms with van der Waals surface area (Å²) in [4.78, 5) is 4.68. The van der Waals surface area contributed by atoms with E-state index < -0.39 is 10.0 Å². The minimum atomic E-state index is -3.48. The molecule has 1 aliphatic rings. The molecule has 0 radical (unpaired) electrons. The molecule has 5 nitrogen and oxygen atoms in total. The zero-order valence-corrected chi connectivity index (χ0v) is 12.1. The predicted octanol–water partition coefficient (Wildman–Crippen LogP) is 1.38. The normalized spacial score (nSPS) is 17.5. The smallest absolute Gasteiger partial charge is 0.263 e. The van der Waals surface area contributed by atoms with Crippen molar-refractivity contribution in [3.63, 3.8) is 0 Å². The highest BCUT2D eigenvalue weighted by molar-refractivity contribution is 7.90. The fraction of sp³-hybridized carbons (Fsp3) is 0.133. The number of fused-ring (bicyclic) bond motifs is 1. The Kier molecular flexibility index (Phi) is 3.48. The van der Waals surface area contributed by atoms with Crippen LogP contribution in [0, 0.1) is 0 Å². The highest BCUT2D eigenvalue weighted by Crippen LogP contribution is 2.22. The van der Waals surface area contributed by atoms with Crippen molar-refractivity contribution in [1.82, 2.24) is 4.72 Å². The highest BCUT2D eigenvalue weighted by Gasteiger charge is 2.29. The number of amidine groups is 1. The first kappa shape index (κ1) is 13.8. The molecule has 3 rings (SSSR count). The van der Waals surface area contributed by atoms with E-state index in [1.165, 1.54) is 0 Å². The lowest BCUT2D eigenvalue weighted by Crippen LogP contribution is -2.22. The molecule has 0 atom stereocenters. The molecule has 6 heteroatoms. The summed E-state index contributed by atoms with van der Waals surface area (Å²) in [6.45, 7) is 0.822.